The van der Waals surface area contributed by atoms with Gasteiger partial charge >= 0.3 is 17.1 Å². The van der Waals surface area contributed by atoms with Gasteiger partial charge in [0.15, 0.2) is 93.1 Å². The van der Waals surface area contributed by atoms with E-state index in [1.54, 1.807) is 0 Å². The third-order valence-corrected chi connectivity index (χ3v) is 13.1. The monoisotopic (exact) mass is 1200 g/mol. The molecule has 0 N–H and O–H groups in total. The van der Waals surface area contributed by atoms with Gasteiger partial charge in [0.2, 0.25) is 0 Å². The van der Waals surface area contributed by atoms with Crippen LogP contribution in [0.4, 0.5) is 105 Å². The Morgan fingerprint density at radius 2 is 0.309 bits per heavy atom. The summed E-state index contributed by atoms with van der Waals surface area (Å²) in [5.74, 6) is -71.4. The molecular weight excluding hydrogens is 1200 g/mol. The Morgan fingerprint density at radius 3 is 0.469 bits per heavy atom. The minimum atomic E-state index is -2.84. The number of hydrogen-bond donors (Lipinski definition) is 0. The topological polar surface area (TPSA) is 106 Å². The molecule has 5 heterocycles. The quantitative estimate of drug-likeness (QED) is 0.0640. The largest absolute Gasteiger partial charge is 2.00 e. The third kappa shape index (κ3) is 6.33. The summed E-state index contributed by atoms with van der Waals surface area (Å²) >= 11 is 0. The summed E-state index contributed by atoms with van der Waals surface area (Å²) in [6.07, 6.45) is 0. The molecule has 0 amide bonds. The maximum absolute atomic E-state index is 17.0. The maximum Gasteiger partial charge on any atom is 2.00 e. The van der Waals surface area contributed by atoms with E-state index in [0.29, 0.717) is 0 Å². The van der Waals surface area contributed by atoms with Crippen LogP contribution in [0.15, 0.2) is 0 Å². The van der Waals surface area contributed by atoms with Gasteiger partial charge in [0.05, 0.1) is 88.6 Å². The zero-order chi connectivity index (χ0) is 57.4. The molecule has 407 valence electrons. The smallest absolute Gasteiger partial charge is 0.357 e. The summed E-state index contributed by atoms with van der Waals surface area (Å²) in [6.45, 7) is 0. The molecule has 0 unspecified atom stereocenters. The molecule has 2 aliphatic heterocycles. The van der Waals surface area contributed by atoms with Gasteiger partial charge < -0.3 is 29.9 Å². The van der Waals surface area contributed by atoms with E-state index in [-0.39, 0.29) is 17.1 Å². The second-order valence-corrected chi connectivity index (χ2v) is 17.0. The predicted octanol–water partition coefficient (Wildman–Crippen LogP) is 14.1. The van der Waals surface area contributed by atoms with Crippen LogP contribution >= 0.6 is 0 Å². The Kier molecular flexibility index (Phi) is 11.1. The Bertz CT molecular complexity index is 4520. The second kappa shape index (κ2) is 17.0. The molecule has 81 heavy (non-hydrogen) atoms. The van der Waals surface area contributed by atoms with Crippen LogP contribution in [0, 0.1) is 140 Å². The molecule has 33 heteroatoms. The van der Waals surface area contributed by atoms with Crippen molar-refractivity contribution < 1.29 is 122 Å². The van der Waals surface area contributed by atoms with Crippen molar-refractivity contribution in [1.29, 1.82) is 0 Å². The normalized spacial score (nSPS) is 12.3. The van der Waals surface area contributed by atoms with E-state index in [1.165, 1.54) is 0 Å². The van der Waals surface area contributed by atoms with Crippen molar-refractivity contribution in [3.63, 3.8) is 0 Å². The summed E-state index contributed by atoms with van der Waals surface area (Å²) in [7, 11) is 0. The fourth-order valence-electron chi connectivity index (χ4n) is 9.63. The average Bonchev–Trinajstić information content (AvgIpc) is 4.42. The summed E-state index contributed by atoms with van der Waals surface area (Å²) in [6, 6.07) is 0. The molecular formula is C48F24MnN8. The molecule has 11 aromatic rings. The Labute approximate surface area is 433 Å². The van der Waals surface area contributed by atoms with Crippen LogP contribution in [0.5, 0.6) is 0 Å². The van der Waals surface area contributed by atoms with Gasteiger partial charge in [-0.25, -0.2) is 115 Å². The molecule has 0 aliphatic carbocycles. The number of nitrogens with zero attached hydrogens (tertiary/aromatic N) is 8. The zero-order valence-corrected chi connectivity index (χ0v) is 38.2. The van der Waals surface area contributed by atoms with E-state index >= 15 is 70.2 Å². The van der Waals surface area contributed by atoms with Crippen molar-refractivity contribution in [3.05, 3.63) is 140 Å². The number of benzene rings is 8. The first-order chi connectivity index (χ1) is 37.7. The van der Waals surface area contributed by atoms with Crippen molar-refractivity contribution in [2.45, 2.75) is 0 Å². The number of halogens is 24. The Hall–Kier alpha value is -9.00. The zero-order valence-electron chi connectivity index (χ0n) is 37.0. The number of rotatable bonds is 0. The van der Waals surface area contributed by atoms with E-state index in [4.69, 9.17) is 0 Å². The molecule has 0 saturated heterocycles. The molecule has 0 atom stereocenters. The average molecular weight is 1200 g/mol. The van der Waals surface area contributed by atoms with E-state index in [1.807, 2.05) is 0 Å². The fourth-order valence-corrected chi connectivity index (χ4v) is 9.63. The first-order valence-electron chi connectivity index (χ1n) is 21.1. The van der Waals surface area contributed by atoms with Crippen LogP contribution in [-0.4, -0.2) is 29.9 Å². The van der Waals surface area contributed by atoms with Gasteiger partial charge in [0.25, 0.3) is 0 Å². The van der Waals surface area contributed by atoms with Gasteiger partial charge in [-0.2, -0.15) is 0 Å². The van der Waals surface area contributed by atoms with E-state index < -0.39 is 272 Å². The summed E-state index contributed by atoms with van der Waals surface area (Å²) in [4.78, 5) is 28.7. The standard InChI is InChI=1S/C48F24N8.Mn/c49-17-1-2(26(58)34(66)33(65)25(1)57)18(50)10-9(17)41-73-42(10)78-44-13-14(22(54)6-5(21(13)53)29(61)37(69)38(70)30(6)62)46(75-44)80-48-16-15(23(55)7-8(24(16)56)32(64)40(72)39(71)31(7)63)47(76-48)79-45-12-11(43(74-45)77-41)19(51)3-4(20(12)52)28(60)36(68)35(67)27(3)59;/q-2;+2. The molecule has 2 aliphatic rings. The SMILES string of the molecule is Fc1c(F)c(F)c2c(F)c3c(c(F)c2c1F)-c1nc-3nc2[n-]c(nc3nc(nc4[n-]c(n1)c1c(F)c5c(F)c(F)c(F)c(F)c5c(F)c41)-c1c-3c(F)c3c(F)c(F)c(F)c(F)c3c1F)c1c(F)c3c(F)c(F)c(F)c(F)c3c(F)c21.[Mn+2]. The maximum atomic E-state index is 17.0. The molecule has 3 aromatic heterocycles. The first kappa shape index (κ1) is 52.7. The minimum absolute atomic E-state index is 0. The summed E-state index contributed by atoms with van der Waals surface area (Å²) in [5, 5.41) is -24.6. The minimum Gasteiger partial charge on any atom is -0.357 e. The fraction of sp³-hybridized carbons (Fsp3) is 0. The van der Waals surface area contributed by atoms with Crippen LogP contribution in [0.25, 0.3) is 133 Å². The van der Waals surface area contributed by atoms with E-state index in [2.05, 4.69) is 39.9 Å². The Morgan fingerprint density at radius 1 is 0.160 bits per heavy atom. The molecule has 0 saturated carbocycles. The summed E-state index contributed by atoms with van der Waals surface area (Å²) < 4.78 is 377. The van der Waals surface area contributed by atoms with Crippen LogP contribution in [0.2, 0.25) is 0 Å². The predicted molar refractivity (Wildman–Crippen MR) is 223 cm³/mol. The van der Waals surface area contributed by atoms with Crippen molar-refractivity contribution in [3.8, 4) is 45.6 Å². The van der Waals surface area contributed by atoms with Crippen LogP contribution < -0.4 is 9.97 Å². The van der Waals surface area contributed by atoms with Crippen molar-refractivity contribution in [1.82, 2.24) is 39.9 Å². The van der Waals surface area contributed by atoms with E-state index in [0.717, 1.165) is 0 Å². The molecule has 1 radical (unpaired) electrons. The third-order valence-electron chi connectivity index (χ3n) is 13.1. The van der Waals surface area contributed by atoms with Crippen LogP contribution in [0.3, 0.4) is 0 Å². The summed E-state index contributed by atoms with van der Waals surface area (Å²) in [5.41, 5.74) is -14.2. The Balaban J connectivity index is 0.00000651. The van der Waals surface area contributed by atoms with Gasteiger partial charge in [-0.1, -0.05) is 0 Å². The van der Waals surface area contributed by atoms with Gasteiger partial charge in [0, 0.05) is 44.1 Å². The second-order valence-electron chi connectivity index (χ2n) is 17.0. The van der Waals surface area contributed by atoms with Crippen LogP contribution in [-0.2, 0) is 17.1 Å². The van der Waals surface area contributed by atoms with Crippen molar-refractivity contribution in [2.24, 2.45) is 0 Å². The van der Waals surface area contributed by atoms with E-state index in [9.17, 15) is 35.1 Å². The molecule has 0 spiro atoms. The van der Waals surface area contributed by atoms with Crippen molar-refractivity contribution in [2.75, 3.05) is 0 Å². The molecule has 8 aromatic carbocycles. The molecule has 8 nitrogen and oxygen atoms in total. The van der Waals surface area contributed by atoms with Gasteiger partial charge in [-0.05, 0) is 0 Å². The number of hydrogen-bond acceptors (Lipinski definition) is 6. The number of aromatic nitrogens is 8. The van der Waals surface area contributed by atoms with Crippen LogP contribution in [0.1, 0.15) is 0 Å². The molecule has 13 rings (SSSR count). The van der Waals surface area contributed by atoms with Gasteiger partial charge in [0.1, 0.15) is 46.5 Å². The van der Waals surface area contributed by atoms with Gasteiger partial charge in [-0.15, -0.1) is 0 Å². The molecule has 8 bridgehead atoms. The first-order valence-corrected chi connectivity index (χ1v) is 21.1. The van der Waals surface area contributed by atoms with Gasteiger partial charge in [-0.3, -0.25) is 0 Å². The number of fused-ring (bicyclic) bond motifs is 24. The van der Waals surface area contributed by atoms with Crippen molar-refractivity contribution >= 4 is 87.2 Å². The molecule has 0 fully saturated rings.